The normalized spacial score (nSPS) is 24.0. The number of hydrogen-bond donors (Lipinski definition) is 0. The van der Waals surface area contributed by atoms with Crippen LogP contribution in [0.25, 0.3) is 11.4 Å². The summed E-state index contributed by atoms with van der Waals surface area (Å²) >= 11 is 0. The smallest absolute Gasteiger partial charge is 0.163 e. The molecule has 2 aromatic rings. The zero-order valence-corrected chi connectivity index (χ0v) is 17.9. The van der Waals surface area contributed by atoms with Gasteiger partial charge in [-0.3, -0.25) is 9.88 Å². The average Bonchev–Trinajstić information content (AvgIpc) is 2.72. The predicted molar refractivity (Wildman–Crippen MR) is 116 cm³/mol. The van der Waals surface area contributed by atoms with E-state index in [9.17, 15) is 0 Å². The van der Waals surface area contributed by atoms with Crippen LogP contribution < -0.4 is 4.90 Å². The molecule has 2 atom stereocenters. The maximum atomic E-state index is 5.86. The molecule has 2 aliphatic rings. The SMILES string of the molecule is Cc1cc(N2CCC(CCN3CC(C)OC(C)C3)CC2)nc(-c2cccnc2)n1. The van der Waals surface area contributed by atoms with E-state index in [1.807, 2.05) is 25.3 Å². The zero-order valence-electron chi connectivity index (χ0n) is 17.9. The van der Waals surface area contributed by atoms with Gasteiger partial charge in [-0.2, -0.15) is 0 Å². The Kier molecular flexibility index (Phi) is 6.40. The van der Waals surface area contributed by atoms with Crippen LogP contribution >= 0.6 is 0 Å². The van der Waals surface area contributed by atoms with Crippen molar-refractivity contribution in [1.82, 2.24) is 19.9 Å². The van der Waals surface area contributed by atoms with E-state index in [1.54, 1.807) is 6.20 Å². The largest absolute Gasteiger partial charge is 0.373 e. The molecule has 0 aromatic carbocycles. The monoisotopic (exact) mass is 395 g/mol. The molecule has 0 saturated carbocycles. The predicted octanol–water partition coefficient (Wildman–Crippen LogP) is 3.56. The second-order valence-electron chi connectivity index (χ2n) is 8.67. The summed E-state index contributed by atoms with van der Waals surface area (Å²) in [7, 11) is 0. The zero-order chi connectivity index (χ0) is 20.2. The summed E-state index contributed by atoms with van der Waals surface area (Å²) in [5.74, 6) is 2.62. The first-order chi connectivity index (χ1) is 14.1. The molecule has 2 saturated heterocycles. The molecule has 2 aliphatic heterocycles. The van der Waals surface area contributed by atoms with Gasteiger partial charge in [0.2, 0.25) is 0 Å². The number of ether oxygens (including phenoxy) is 1. The fourth-order valence-electron chi connectivity index (χ4n) is 4.62. The summed E-state index contributed by atoms with van der Waals surface area (Å²) in [5, 5.41) is 0. The summed E-state index contributed by atoms with van der Waals surface area (Å²) in [6, 6.07) is 6.06. The van der Waals surface area contributed by atoms with Crippen molar-refractivity contribution in [3.05, 3.63) is 36.3 Å². The summed E-state index contributed by atoms with van der Waals surface area (Å²) in [4.78, 5) is 18.7. The van der Waals surface area contributed by atoms with Crippen LogP contribution in [0, 0.1) is 12.8 Å². The van der Waals surface area contributed by atoms with Crippen LogP contribution in [0.15, 0.2) is 30.6 Å². The maximum Gasteiger partial charge on any atom is 0.163 e. The molecular formula is C23H33N5O. The van der Waals surface area contributed by atoms with Crippen molar-refractivity contribution in [2.45, 2.75) is 52.2 Å². The minimum Gasteiger partial charge on any atom is -0.373 e. The quantitative estimate of drug-likeness (QED) is 0.772. The van der Waals surface area contributed by atoms with Gasteiger partial charge in [-0.15, -0.1) is 0 Å². The number of morpholine rings is 1. The lowest BCUT2D eigenvalue weighted by molar-refractivity contribution is -0.0690. The molecule has 6 nitrogen and oxygen atoms in total. The Labute approximate surface area is 174 Å². The fraction of sp³-hybridized carbons (Fsp3) is 0.609. The molecule has 4 rings (SSSR count). The minimum atomic E-state index is 0.357. The number of pyridine rings is 1. The van der Waals surface area contributed by atoms with E-state index in [1.165, 1.54) is 25.8 Å². The van der Waals surface area contributed by atoms with Crippen molar-refractivity contribution in [1.29, 1.82) is 0 Å². The van der Waals surface area contributed by atoms with Gasteiger partial charge in [0.05, 0.1) is 12.2 Å². The van der Waals surface area contributed by atoms with E-state index in [2.05, 4.69) is 39.7 Å². The number of nitrogens with zero attached hydrogens (tertiary/aromatic N) is 5. The van der Waals surface area contributed by atoms with Gasteiger partial charge in [0.1, 0.15) is 5.82 Å². The van der Waals surface area contributed by atoms with Crippen molar-refractivity contribution in [2.75, 3.05) is 37.6 Å². The lowest BCUT2D eigenvalue weighted by Crippen LogP contribution is -2.46. The van der Waals surface area contributed by atoms with E-state index < -0.39 is 0 Å². The Morgan fingerprint density at radius 3 is 2.55 bits per heavy atom. The van der Waals surface area contributed by atoms with E-state index in [-0.39, 0.29) is 0 Å². The number of anilines is 1. The molecule has 0 N–H and O–H groups in total. The minimum absolute atomic E-state index is 0.357. The first kappa shape index (κ1) is 20.2. The third-order valence-electron chi connectivity index (χ3n) is 6.05. The molecule has 4 heterocycles. The van der Waals surface area contributed by atoms with Crippen LogP contribution in [0.4, 0.5) is 5.82 Å². The summed E-state index contributed by atoms with van der Waals surface area (Å²) in [6.45, 7) is 11.9. The van der Waals surface area contributed by atoms with Crippen molar-refractivity contribution in [3.8, 4) is 11.4 Å². The Bertz CT molecular complexity index is 781. The summed E-state index contributed by atoms with van der Waals surface area (Å²) < 4.78 is 5.86. The highest BCUT2D eigenvalue weighted by Crippen LogP contribution is 2.26. The van der Waals surface area contributed by atoms with Gasteiger partial charge in [-0.05, 0) is 64.6 Å². The molecule has 29 heavy (non-hydrogen) atoms. The van der Waals surface area contributed by atoms with Crippen LogP contribution in [0.1, 0.15) is 38.8 Å². The van der Waals surface area contributed by atoms with Gasteiger partial charge in [-0.25, -0.2) is 9.97 Å². The fourth-order valence-corrected chi connectivity index (χ4v) is 4.62. The van der Waals surface area contributed by atoms with Crippen LogP contribution in [0.2, 0.25) is 0 Å². The average molecular weight is 396 g/mol. The molecule has 2 unspecified atom stereocenters. The van der Waals surface area contributed by atoms with Gasteiger partial charge in [0.25, 0.3) is 0 Å². The third-order valence-corrected chi connectivity index (χ3v) is 6.05. The molecule has 6 heteroatoms. The lowest BCUT2D eigenvalue weighted by atomic mass is 9.93. The molecular weight excluding hydrogens is 362 g/mol. The van der Waals surface area contributed by atoms with Crippen LogP contribution in [-0.2, 0) is 4.74 Å². The van der Waals surface area contributed by atoms with Gasteiger partial charge < -0.3 is 9.64 Å². The Balaban J connectivity index is 1.32. The van der Waals surface area contributed by atoms with E-state index in [0.29, 0.717) is 12.2 Å². The van der Waals surface area contributed by atoms with Gasteiger partial charge in [0, 0.05) is 55.9 Å². The number of piperidine rings is 1. The van der Waals surface area contributed by atoms with Crippen molar-refractivity contribution >= 4 is 5.82 Å². The standard InChI is InChI=1S/C23H33N5O/c1-17-13-22(26-23(25-17)21-5-4-9-24-14-21)28-11-7-20(8-12-28)6-10-27-15-18(2)29-19(3)16-27/h4-5,9,13-14,18-20H,6-8,10-12,15-16H2,1-3H3. The Morgan fingerprint density at radius 2 is 1.86 bits per heavy atom. The van der Waals surface area contributed by atoms with Gasteiger partial charge >= 0.3 is 0 Å². The molecule has 0 aliphatic carbocycles. The van der Waals surface area contributed by atoms with Crippen molar-refractivity contribution < 1.29 is 4.74 Å². The second-order valence-corrected chi connectivity index (χ2v) is 8.67. The van der Waals surface area contributed by atoms with Crippen LogP contribution in [0.3, 0.4) is 0 Å². The second kappa shape index (κ2) is 9.18. The summed E-state index contributed by atoms with van der Waals surface area (Å²) in [6.07, 6.45) is 8.09. The maximum absolute atomic E-state index is 5.86. The number of rotatable bonds is 5. The first-order valence-electron chi connectivity index (χ1n) is 11.0. The molecule has 2 fully saturated rings. The van der Waals surface area contributed by atoms with Crippen molar-refractivity contribution in [3.63, 3.8) is 0 Å². The van der Waals surface area contributed by atoms with E-state index in [4.69, 9.17) is 9.72 Å². The van der Waals surface area contributed by atoms with E-state index in [0.717, 1.165) is 55.0 Å². The number of aryl methyl sites for hydroxylation is 1. The molecule has 2 aromatic heterocycles. The van der Waals surface area contributed by atoms with Gasteiger partial charge in [-0.1, -0.05) is 0 Å². The topological polar surface area (TPSA) is 54.4 Å². The Hall–Kier alpha value is -2.05. The highest BCUT2D eigenvalue weighted by atomic mass is 16.5. The van der Waals surface area contributed by atoms with Crippen molar-refractivity contribution in [2.24, 2.45) is 5.92 Å². The number of aromatic nitrogens is 3. The van der Waals surface area contributed by atoms with Gasteiger partial charge in [0.15, 0.2) is 5.82 Å². The van der Waals surface area contributed by atoms with Crippen LogP contribution in [0.5, 0.6) is 0 Å². The molecule has 0 amide bonds. The Morgan fingerprint density at radius 1 is 1.10 bits per heavy atom. The number of hydrogen-bond acceptors (Lipinski definition) is 6. The highest BCUT2D eigenvalue weighted by Gasteiger charge is 2.25. The molecule has 0 bridgehead atoms. The van der Waals surface area contributed by atoms with Crippen LogP contribution in [-0.4, -0.2) is 64.8 Å². The lowest BCUT2D eigenvalue weighted by Gasteiger charge is -2.37. The summed E-state index contributed by atoms with van der Waals surface area (Å²) in [5.41, 5.74) is 1.98. The molecule has 0 radical (unpaired) electrons. The first-order valence-corrected chi connectivity index (χ1v) is 11.0. The highest BCUT2D eigenvalue weighted by molar-refractivity contribution is 5.56. The third kappa shape index (κ3) is 5.31. The van der Waals surface area contributed by atoms with E-state index >= 15 is 0 Å². The molecule has 0 spiro atoms. The molecule has 156 valence electrons.